The molecule has 0 aromatic carbocycles. The first-order valence-electron chi connectivity index (χ1n) is 9.58. The molecular formula is C20H31N3O2. The summed E-state index contributed by atoms with van der Waals surface area (Å²) in [5, 5.41) is 11.0. The number of hydrogen-bond acceptors (Lipinski definition) is 4. The average molecular weight is 345 g/mol. The lowest BCUT2D eigenvalue weighted by Crippen LogP contribution is -2.46. The highest BCUT2D eigenvalue weighted by Crippen LogP contribution is 2.30. The molecule has 0 aliphatic carbocycles. The first kappa shape index (κ1) is 18.3. The minimum atomic E-state index is -0.654. The Morgan fingerprint density at radius 1 is 1.24 bits per heavy atom. The average Bonchev–Trinajstić information content (AvgIpc) is 2.78. The molecule has 5 heteroatoms. The van der Waals surface area contributed by atoms with Gasteiger partial charge in [0, 0.05) is 44.4 Å². The van der Waals surface area contributed by atoms with Crippen LogP contribution in [0.15, 0.2) is 18.3 Å². The molecule has 0 bridgehead atoms. The van der Waals surface area contributed by atoms with Crippen molar-refractivity contribution in [2.75, 3.05) is 32.7 Å². The molecule has 0 unspecified atom stereocenters. The Hall–Kier alpha value is -1.46. The minimum absolute atomic E-state index is 0.121. The van der Waals surface area contributed by atoms with E-state index in [1.54, 1.807) is 6.92 Å². The number of carbonyl (C=O) groups excluding carboxylic acids is 1. The molecule has 1 aromatic heterocycles. The fourth-order valence-corrected chi connectivity index (χ4v) is 4.18. The van der Waals surface area contributed by atoms with Crippen LogP contribution in [0.2, 0.25) is 0 Å². The van der Waals surface area contributed by atoms with Gasteiger partial charge in [0.15, 0.2) is 0 Å². The summed E-state index contributed by atoms with van der Waals surface area (Å²) < 4.78 is 0. The summed E-state index contributed by atoms with van der Waals surface area (Å²) in [6.07, 6.45) is 6.52. The number of likely N-dealkylation sites (tertiary alicyclic amines) is 2. The molecule has 3 rings (SSSR count). The molecule has 3 heterocycles. The number of carbonyl (C=O) groups is 1. The monoisotopic (exact) mass is 345 g/mol. The number of aryl methyl sites for hydroxylation is 1. The number of hydrogen-bond donors (Lipinski definition) is 1. The Bertz CT molecular complexity index is 581. The molecule has 2 aliphatic rings. The molecule has 2 saturated heterocycles. The standard InChI is InChI=1S/C20H31N3O2/c1-16-4-5-19(21-14-16)18-6-11-22(12-7-18)15-20(25)8-3-10-23(13-9-20)17(2)24/h4-5,14,18,25H,3,6-13,15H2,1-2H3/t20-/m0/s1. The van der Waals surface area contributed by atoms with Crippen LogP contribution in [0.25, 0.3) is 0 Å². The Morgan fingerprint density at radius 3 is 2.64 bits per heavy atom. The van der Waals surface area contributed by atoms with E-state index in [0.717, 1.165) is 51.9 Å². The number of pyridine rings is 1. The third-order valence-electron chi connectivity index (χ3n) is 5.82. The van der Waals surface area contributed by atoms with E-state index in [4.69, 9.17) is 0 Å². The van der Waals surface area contributed by atoms with Crippen molar-refractivity contribution in [1.29, 1.82) is 0 Å². The minimum Gasteiger partial charge on any atom is -0.388 e. The summed E-state index contributed by atoms with van der Waals surface area (Å²) in [6, 6.07) is 4.30. The molecule has 0 saturated carbocycles. The largest absolute Gasteiger partial charge is 0.388 e. The molecule has 1 atom stereocenters. The van der Waals surface area contributed by atoms with Gasteiger partial charge in [0.05, 0.1) is 5.60 Å². The van der Waals surface area contributed by atoms with Crippen LogP contribution in [0, 0.1) is 6.92 Å². The van der Waals surface area contributed by atoms with Gasteiger partial charge < -0.3 is 14.9 Å². The summed E-state index contributed by atoms with van der Waals surface area (Å²) in [7, 11) is 0. The molecule has 1 aromatic rings. The Labute approximate surface area is 151 Å². The van der Waals surface area contributed by atoms with Gasteiger partial charge in [0.1, 0.15) is 0 Å². The third-order valence-corrected chi connectivity index (χ3v) is 5.82. The summed E-state index contributed by atoms with van der Waals surface area (Å²) in [5.41, 5.74) is 1.76. The normalized spacial score (nSPS) is 26.4. The van der Waals surface area contributed by atoms with Crippen molar-refractivity contribution in [2.24, 2.45) is 0 Å². The maximum atomic E-state index is 11.6. The predicted octanol–water partition coefficient (Wildman–Crippen LogP) is 2.33. The number of β-amino-alcohol motifs (C(OH)–C–C–N with tert-alkyl or cyclic N) is 1. The van der Waals surface area contributed by atoms with E-state index < -0.39 is 5.60 Å². The van der Waals surface area contributed by atoms with Gasteiger partial charge >= 0.3 is 0 Å². The molecule has 0 spiro atoms. The van der Waals surface area contributed by atoms with E-state index in [2.05, 4.69) is 28.9 Å². The SMILES string of the molecule is CC(=O)N1CCC[C@@](O)(CN2CCC(c3ccc(C)cn3)CC2)CC1. The fraction of sp³-hybridized carbons (Fsp3) is 0.700. The van der Waals surface area contributed by atoms with Gasteiger partial charge in [0.25, 0.3) is 0 Å². The van der Waals surface area contributed by atoms with Crippen molar-refractivity contribution in [2.45, 2.75) is 57.5 Å². The van der Waals surface area contributed by atoms with Crippen LogP contribution in [-0.2, 0) is 4.79 Å². The first-order valence-corrected chi connectivity index (χ1v) is 9.58. The lowest BCUT2D eigenvalue weighted by Gasteiger charge is -2.37. The number of rotatable bonds is 3. The molecule has 1 amide bonds. The molecule has 0 radical (unpaired) electrons. The number of aromatic nitrogens is 1. The molecule has 1 N–H and O–H groups in total. The highest BCUT2D eigenvalue weighted by atomic mass is 16.3. The van der Waals surface area contributed by atoms with E-state index in [1.165, 1.54) is 11.3 Å². The maximum absolute atomic E-state index is 11.6. The zero-order valence-electron chi connectivity index (χ0n) is 15.6. The second-order valence-corrected chi connectivity index (χ2v) is 7.89. The maximum Gasteiger partial charge on any atom is 0.219 e. The second-order valence-electron chi connectivity index (χ2n) is 7.89. The molecule has 2 fully saturated rings. The van der Waals surface area contributed by atoms with Gasteiger partial charge in [-0.3, -0.25) is 9.78 Å². The first-order chi connectivity index (χ1) is 12.0. The third kappa shape index (κ3) is 4.79. The van der Waals surface area contributed by atoms with Crippen molar-refractivity contribution in [3.63, 3.8) is 0 Å². The van der Waals surface area contributed by atoms with Gasteiger partial charge in [-0.25, -0.2) is 0 Å². The fourth-order valence-electron chi connectivity index (χ4n) is 4.18. The second kappa shape index (κ2) is 7.83. The van der Waals surface area contributed by atoms with Crippen LogP contribution in [0.5, 0.6) is 0 Å². The Morgan fingerprint density at radius 2 is 2.00 bits per heavy atom. The number of aliphatic hydroxyl groups is 1. The molecule has 138 valence electrons. The number of amides is 1. The topological polar surface area (TPSA) is 56.7 Å². The van der Waals surface area contributed by atoms with Crippen LogP contribution in [-0.4, -0.2) is 64.1 Å². The van der Waals surface area contributed by atoms with Crippen molar-refractivity contribution in [3.05, 3.63) is 29.6 Å². The Kier molecular flexibility index (Phi) is 5.74. The van der Waals surface area contributed by atoms with Crippen molar-refractivity contribution in [1.82, 2.24) is 14.8 Å². The van der Waals surface area contributed by atoms with Gasteiger partial charge in [-0.05, 0) is 63.7 Å². The number of nitrogens with zero attached hydrogens (tertiary/aromatic N) is 3. The lowest BCUT2D eigenvalue weighted by molar-refractivity contribution is -0.129. The molecule has 25 heavy (non-hydrogen) atoms. The van der Waals surface area contributed by atoms with E-state index in [0.29, 0.717) is 18.9 Å². The van der Waals surface area contributed by atoms with E-state index in [1.807, 2.05) is 11.1 Å². The Balaban J connectivity index is 1.51. The van der Waals surface area contributed by atoms with Crippen molar-refractivity contribution < 1.29 is 9.90 Å². The highest BCUT2D eigenvalue weighted by Gasteiger charge is 2.34. The van der Waals surface area contributed by atoms with Crippen molar-refractivity contribution >= 4 is 5.91 Å². The van der Waals surface area contributed by atoms with Crippen LogP contribution in [0.4, 0.5) is 0 Å². The van der Waals surface area contributed by atoms with Crippen LogP contribution < -0.4 is 0 Å². The van der Waals surface area contributed by atoms with Crippen LogP contribution in [0.3, 0.4) is 0 Å². The number of piperidine rings is 1. The molecule has 2 aliphatic heterocycles. The predicted molar refractivity (Wildman–Crippen MR) is 98.4 cm³/mol. The quantitative estimate of drug-likeness (QED) is 0.913. The van der Waals surface area contributed by atoms with Gasteiger partial charge in [-0.1, -0.05) is 6.07 Å². The molecule has 5 nitrogen and oxygen atoms in total. The van der Waals surface area contributed by atoms with Gasteiger partial charge in [-0.15, -0.1) is 0 Å². The zero-order valence-corrected chi connectivity index (χ0v) is 15.6. The summed E-state index contributed by atoms with van der Waals surface area (Å²) in [6.45, 7) is 7.90. The summed E-state index contributed by atoms with van der Waals surface area (Å²) >= 11 is 0. The summed E-state index contributed by atoms with van der Waals surface area (Å²) in [5.74, 6) is 0.657. The van der Waals surface area contributed by atoms with Crippen molar-refractivity contribution in [3.8, 4) is 0 Å². The van der Waals surface area contributed by atoms with E-state index in [-0.39, 0.29) is 5.91 Å². The van der Waals surface area contributed by atoms with E-state index in [9.17, 15) is 9.90 Å². The summed E-state index contributed by atoms with van der Waals surface area (Å²) in [4.78, 5) is 20.4. The van der Waals surface area contributed by atoms with Crippen LogP contribution in [0.1, 0.15) is 56.2 Å². The zero-order chi connectivity index (χ0) is 17.9. The van der Waals surface area contributed by atoms with Gasteiger partial charge in [0.2, 0.25) is 5.91 Å². The van der Waals surface area contributed by atoms with Crippen LogP contribution >= 0.6 is 0 Å². The van der Waals surface area contributed by atoms with Gasteiger partial charge in [-0.2, -0.15) is 0 Å². The highest BCUT2D eigenvalue weighted by molar-refractivity contribution is 5.73. The molecular weight excluding hydrogens is 314 g/mol. The lowest BCUT2D eigenvalue weighted by atomic mass is 9.90. The smallest absolute Gasteiger partial charge is 0.219 e. The van der Waals surface area contributed by atoms with E-state index >= 15 is 0 Å².